The highest BCUT2D eigenvalue weighted by molar-refractivity contribution is 6.38. The van der Waals surface area contributed by atoms with Gasteiger partial charge >= 0.3 is 11.9 Å². The second kappa shape index (κ2) is 10.3. The summed E-state index contributed by atoms with van der Waals surface area (Å²) in [4.78, 5) is 39.1. The van der Waals surface area contributed by atoms with Crippen LogP contribution in [0.2, 0.25) is 5.02 Å². The second-order valence-corrected chi connectivity index (χ2v) is 9.03. The number of carbonyl (C=O) groups excluding carboxylic acids is 2. The molecule has 2 aromatic carbocycles. The summed E-state index contributed by atoms with van der Waals surface area (Å²) in [5.41, 5.74) is 10.8. The molecule has 1 aromatic heterocycles. The van der Waals surface area contributed by atoms with Gasteiger partial charge in [-0.15, -0.1) is 0 Å². The summed E-state index contributed by atoms with van der Waals surface area (Å²) in [6.45, 7) is 3.17. The van der Waals surface area contributed by atoms with Gasteiger partial charge < -0.3 is 30.4 Å². The predicted molar refractivity (Wildman–Crippen MR) is 135 cm³/mol. The quantitative estimate of drug-likeness (QED) is 0.364. The molecule has 1 unspecified atom stereocenters. The Morgan fingerprint density at radius 1 is 1.19 bits per heavy atom. The van der Waals surface area contributed by atoms with Gasteiger partial charge in [-0.05, 0) is 31.5 Å². The molecule has 3 aromatic rings. The minimum Gasteiger partial charge on any atom is -0.462 e. The van der Waals surface area contributed by atoms with Gasteiger partial charge in [-0.3, -0.25) is 9.59 Å². The van der Waals surface area contributed by atoms with Gasteiger partial charge in [0.1, 0.15) is 23.8 Å². The highest BCUT2D eigenvalue weighted by Gasteiger charge is 2.29. The summed E-state index contributed by atoms with van der Waals surface area (Å²) >= 11 is 6.76. The molecule has 1 atom stereocenters. The molecule has 4 N–H and O–H groups in total. The molecular weight excluding hydrogens is 510 g/mol. The third-order valence-electron chi connectivity index (χ3n) is 6.08. The van der Waals surface area contributed by atoms with Crippen LogP contribution in [-0.4, -0.2) is 42.2 Å². The zero-order chi connectivity index (χ0) is 27.0. The Morgan fingerprint density at radius 3 is 2.54 bits per heavy atom. The number of anilines is 2. The molecule has 2 heterocycles. The number of nitrogen functional groups attached to an aromatic ring is 1. The number of aromatic nitrogens is 1. The number of pyridine rings is 1. The van der Waals surface area contributed by atoms with E-state index >= 15 is 4.39 Å². The maximum Gasteiger partial charge on any atom is 0.343 e. The number of nitrogens with zero attached hydrogens (tertiary/aromatic N) is 2. The number of carbonyl (C=O) groups is 2. The van der Waals surface area contributed by atoms with Crippen LogP contribution in [0.25, 0.3) is 16.6 Å². The Kier molecular flexibility index (Phi) is 7.37. The standard InChI is InChI=1S/C25H25ClF2N4O5/c1-3-36-25(35)16-10-32(20-8-19(30)17(27)6-13(20)11-37-12(2)33)22-15(24(16)34)7-18(28)23(21(22)26)31-5-4-14(29)9-31/h6-8,10,14H,3-5,9,11,29-30H2,1-2H3. The molecule has 37 heavy (non-hydrogen) atoms. The highest BCUT2D eigenvalue weighted by atomic mass is 35.5. The zero-order valence-corrected chi connectivity index (χ0v) is 20.9. The second-order valence-electron chi connectivity index (χ2n) is 8.66. The third-order valence-corrected chi connectivity index (χ3v) is 6.44. The summed E-state index contributed by atoms with van der Waals surface area (Å²) in [5.74, 6) is -3.10. The normalized spacial score (nSPS) is 15.3. The van der Waals surface area contributed by atoms with Gasteiger partial charge in [0.25, 0.3) is 0 Å². The Balaban J connectivity index is 2.10. The fourth-order valence-electron chi connectivity index (χ4n) is 4.37. The van der Waals surface area contributed by atoms with E-state index in [0.29, 0.717) is 19.5 Å². The number of halogens is 3. The maximum absolute atomic E-state index is 15.4. The molecule has 196 valence electrons. The van der Waals surface area contributed by atoms with Crippen molar-refractivity contribution in [2.24, 2.45) is 5.73 Å². The Hall–Kier alpha value is -3.70. The Morgan fingerprint density at radius 2 is 1.92 bits per heavy atom. The number of rotatable bonds is 6. The molecule has 4 rings (SSSR count). The number of fused-ring (bicyclic) bond motifs is 1. The van der Waals surface area contributed by atoms with Crippen LogP contribution in [0.3, 0.4) is 0 Å². The summed E-state index contributed by atoms with van der Waals surface area (Å²) in [6.07, 6.45) is 1.79. The molecule has 12 heteroatoms. The van der Waals surface area contributed by atoms with E-state index in [1.807, 2.05) is 0 Å². The van der Waals surface area contributed by atoms with Crippen LogP contribution in [0, 0.1) is 11.6 Å². The van der Waals surface area contributed by atoms with Crippen LogP contribution in [0.1, 0.15) is 36.2 Å². The van der Waals surface area contributed by atoms with Gasteiger partial charge in [0.15, 0.2) is 0 Å². The molecule has 1 saturated heterocycles. The van der Waals surface area contributed by atoms with Gasteiger partial charge in [0.05, 0.1) is 39.6 Å². The minimum atomic E-state index is -0.939. The number of esters is 2. The maximum atomic E-state index is 15.4. The smallest absolute Gasteiger partial charge is 0.343 e. The van der Waals surface area contributed by atoms with Gasteiger partial charge in [-0.25, -0.2) is 13.6 Å². The van der Waals surface area contributed by atoms with E-state index < -0.39 is 34.6 Å². The molecule has 0 bridgehead atoms. The molecule has 9 nitrogen and oxygen atoms in total. The van der Waals surface area contributed by atoms with E-state index in [0.717, 1.165) is 12.1 Å². The lowest BCUT2D eigenvalue weighted by molar-refractivity contribution is -0.142. The van der Waals surface area contributed by atoms with Gasteiger partial charge in [0, 0.05) is 37.8 Å². The fraction of sp³-hybridized carbons (Fsp3) is 0.320. The van der Waals surface area contributed by atoms with Crippen molar-refractivity contribution in [2.75, 3.05) is 30.3 Å². The third kappa shape index (κ3) is 4.96. The van der Waals surface area contributed by atoms with Crippen LogP contribution in [0.4, 0.5) is 20.2 Å². The van der Waals surface area contributed by atoms with Gasteiger partial charge in [0.2, 0.25) is 5.43 Å². The first-order valence-corrected chi connectivity index (χ1v) is 11.9. The van der Waals surface area contributed by atoms with Crippen LogP contribution < -0.4 is 21.8 Å². The average Bonchev–Trinajstić information content (AvgIpc) is 3.26. The molecule has 1 aliphatic heterocycles. The first-order valence-electron chi connectivity index (χ1n) is 11.5. The highest BCUT2D eigenvalue weighted by Crippen LogP contribution is 2.38. The summed E-state index contributed by atoms with van der Waals surface area (Å²) in [6, 6.07) is 3.13. The summed E-state index contributed by atoms with van der Waals surface area (Å²) in [7, 11) is 0. The minimum absolute atomic E-state index is 0.0131. The van der Waals surface area contributed by atoms with Crippen LogP contribution in [0.5, 0.6) is 0 Å². The first kappa shape index (κ1) is 26.4. The van der Waals surface area contributed by atoms with E-state index in [1.54, 1.807) is 11.8 Å². The number of benzene rings is 2. The molecule has 1 fully saturated rings. The largest absolute Gasteiger partial charge is 0.462 e. The van der Waals surface area contributed by atoms with E-state index in [2.05, 4.69) is 0 Å². The van der Waals surface area contributed by atoms with Crippen LogP contribution >= 0.6 is 11.6 Å². The van der Waals surface area contributed by atoms with Crippen molar-refractivity contribution in [3.05, 3.63) is 62.4 Å². The lowest BCUT2D eigenvalue weighted by Crippen LogP contribution is -2.28. The van der Waals surface area contributed by atoms with Gasteiger partial charge in [-0.1, -0.05) is 11.6 Å². The first-order chi connectivity index (χ1) is 17.5. The van der Waals surface area contributed by atoms with Gasteiger partial charge in [-0.2, -0.15) is 0 Å². The average molecular weight is 535 g/mol. The van der Waals surface area contributed by atoms with Crippen molar-refractivity contribution in [2.45, 2.75) is 32.9 Å². The summed E-state index contributed by atoms with van der Waals surface area (Å²) in [5, 5.41) is -0.320. The van der Waals surface area contributed by atoms with Crippen molar-refractivity contribution in [3.63, 3.8) is 0 Å². The Bertz CT molecular complexity index is 1480. The van der Waals surface area contributed by atoms with Crippen molar-refractivity contribution in [1.29, 1.82) is 0 Å². The molecule has 1 aliphatic rings. The number of hydrogen-bond donors (Lipinski definition) is 2. The van der Waals surface area contributed by atoms with E-state index in [9.17, 15) is 18.8 Å². The topological polar surface area (TPSA) is 130 Å². The van der Waals surface area contributed by atoms with Crippen LogP contribution in [0.15, 0.2) is 29.2 Å². The van der Waals surface area contributed by atoms with Crippen molar-refractivity contribution in [3.8, 4) is 5.69 Å². The predicted octanol–water partition coefficient (Wildman–Crippen LogP) is 3.28. The summed E-state index contributed by atoms with van der Waals surface area (Å²) < 4.78 is 41.3. The molecular formula is C25H25ClF2N4O5. The van der Waals surface area contributed by atoms with Crippen molar-refractivity contribution < 1.29 is 27.8 Å². The Labute approximate surface area is 215 Å². The SMILES string of the molecule is CCOC(=O)c1cn(-c2cc(N)c(F)cc2COC(C)=O)c2c(Cl)c(N3CCC(N)C3)c(F)cc2c1=O. The molecule has 0 aliphatic carbocycles. The lowest BCUT2D eigenvalue weighted by atomic mass is 10.1. The van der Waals surface area contributed by atoms with E-state index in [4.69, 9.17) is 32.5 Å². The van der Waals surface area contributed by atoms with Crippen LogP contribution in [-0.2, 0) is 20.9 Å². The number of hydrogen-bond acceptors (Lipinski definition) is 8. The molecule has 0 spiro atoms. The molecule has 0 radical (unpaired) electrons. The monoisotopic (exact) mass is 534 g/mol. The lowest BCUT2D eigenvalue weighted by Gasteiger charge is -2.24. The molecule has 0 saturated carbocycles. The van der Waals surface area contributed by atoms with Crippen molar-refractivity contribution >= 4 is 45.8 Å². The fourth-order valence-corrected chi connectivity index (χ4v) is 4.77. The van der Waals surface area contributed by atoms with Crippen molar-refractivity contribution in [1.82, 2.24) is 4.57 Å². The number of nitrogens with two attached hydrogens (primary N) is 2. The van der Waals surface area contributed by atoms with E-state index in [-0.39, 0.29) is 57.8 Å². The number of ether oxygens (including phenoxy) is 2. The van der Waals surface area contributed by atoms with E-state index in [1.165, 1.54) is 23.8 Å². The molecule has 0 amide bonds. The zero-order valence-electron chi connectivity index (χ0n) is 20.1.